The fourth-order valence-electron chi connectivity index (χ4n) is 0.766. The molecule has 1 aromatic rings. The molecule has 0 amide bonds. The van der Waals surface area contributed by atoms with Gasteiger partial charge in [-0.05, 0) is 0 Å². The molecule has 0 atom stereocenters. The van der Waals surface area contributed by atoms with E-state index in [2.05, 4.69) is 26.0 Å². The van der Waals surface area contributed by atoms with Crippen molar-refractivity contribution in [1.82, 2.24) is 0 Å². The van der Waals surface area contributed by atoms with Crippen molar-refractivity contribution in [2.24, 2.45) is 0 Å². The van der Waals surface area contributed by atoms with Gasteiger partial charge in [-0.15, -0.1) is 0 Å². The van der Waals surface area contributed by atoms with E-state index in [0.717, 1.165) is 17.3 Å². The molecule has 0 aromatic heterocycles. The average molecular weight is 220 g/mol. The average Bonchev–Trinajstić information content (AvgIpc) is 2.10. The topological polar surface area (TPSA) is 0 Å². The molecule has 2 heteroatoms. The number of benzene rings is 1. The Bertz CT molecular complexity index is 172. The second-order valence-electron chi connectivity index (χ2n) is 2.49. The van der Waals surface area contributed by atoms with Gasteiger partial charge in [-0.3, -0.25) is 0 Å². The maximum atomic E-state index is 4.76. The first-order chi connectivity index (χ1) is 5.30. The van der Waals surface area contributed by atoms with Crippen LogP contribution in [0.5, 0.6) is 0 Å². The van der Waals surface area contributed by atoms with Gasteiger partial charge in [0.05, 0.1) is 0 Å². The van der Waals surface area contributed by atoms with E-state index in [1.54, 1.807) is 0 Å². The second-order valence-corrected chi connectivity index (χ2v) is 2.49. The molecule has 0 aliphatic heterocycles. The van der Waals surface area contributed by atoms with Gasteiger partial charge in [0, 0.05) is 0 Å². The molecular weight excluding hydrogens is 209 g/mol. The Labute approximate surface area is 82.7 Å². The van der Waals surface area contributed by atoms with Gasteiger partial charge in [-0.25, -0.2) is 0 Å². The molecule has 0 fully saturated rings. The van der Waals surface area contributed by atoms with Crippen LogP contribution in [-0.2, 0) is 17.3 Å². The second kappa shape index (κ2) is 6.82. The quantitative estimate of drug-likeness (QED) is 0.503. The SMILES string of the molecule is CC(C)c1c[c-]ccc1.[Cl][Zn+]. The Balaban J connectivity index is 0.000000461. The van der Waals surface area contributed by atoms with Crippen molar-refractivity contribution < 1.29 is 17.3 Å². The predicted molar refractivity (Wildman–Crippen MR) is 45.2 cm³/mol. The van der Waals surface area contributed by atoms with Crippen molar-refractivity contribution in [3.63, 3.8) is 0 Å². The standard InChI is InChI=1S/C9H11.ClH.Zn/c1-8(2)9-6-4-3-5-7-9;;/h3-4,6-8H,1-2H3;1H;/q-1;;+2/p-1. The molecule has 0 spiro atoms. The number of rotatable bonds is 1. The van der Waals surface area contributed by atoms with Crippen molar-refractivity contribution in [2.75, 3.05) is 0 Å². The van der Waals surface area contributed by atoms with Gasteiger partial charge in [0.15, 0.2) is 0 Å². The summed E-state index contributed by atoms with van der Waals surface area (Å²) in [6.07, 6.45) is 0. The summed E-state index contributed by atoms with van der Waals surface area (Å²) in [6, 6.07) is 11.1. The molecule has 0 heterocycles. The molecule has 1 rings (SSSR count). The maximum absolute atomic E-state index is 4.76. The molecule has 0 unspecified atom stereocenters. The summed E-state index contributed by atoms with van der Waals surface area (Å²) in [7, 11) is 4.76. The van der Waals surface area contributed by atoms with Crippen LogP contribution >= 0.6 is 9.69 Å². The van der Waals surface area contributed by atoms with Crippen molar-refractivity contribution in [3.05, 3.63) is 35.9 Å². The predicted octanol–water partition coefficient (Wildman–Crippen LogP) is 3.30. The van der Waals surface area contributed by atoms with Gasteiger partial charge >= 0.3 is 27.0 Å². The summed E-state index contributed by atoms with van der Waals surface area (Å²) in [5.74, 6) is 0.627. The Hall–Kier alpha value is 0.133. The van der Waals surface area contributed by atoms with Crippen LogP contribution in [-0.4, -0.2) is 0 Å². The first-order valence-corrected chi connectivity index (χ1v) is 7.43. The molecule has 0 nitrogen and oxygen atoms in total. The fraction of sp³-hybridized carbons (Fsp3) is 0.333. The zero-order valence-electron chi connectivity index (χ0n) is 6.97. The normalized spacial score (nSPS) is 8.91. The third kappa shape index (κ3) is 4.55. The van der Waals surface area contributed by atoms with E-state index >= 15 is 0 Å². The van der Waals surface area contributed by atoms with E-state index in [0.29, 0.717) is 5.92 Å². The Kier molecular flexibility index (Phi) is 6.90. The van der Waals surface area contributed by atoms with Crippen molar-refractivity contribution in [1.29, 1.82) is 0 Å². The van der Waals surface area contributed by atoms with Crippen LogP contribution in [0.2, 0.25) is 0 Å². The van der Waals surface area contributed by atoms with Crippen molar-refractivity contribution >= 4 is 9.69 Å². The van der Waals surface area contributed by atoms with E-state index < -0.39 is 0 Å². The van der Waals surface area contributed by atoms with E-state index in [4.69, 9.17) is 9.69 Å². The van der Waals surface area contributed by atoms with E-state index in [1.165, 1.54) is 5.56 Å². The van der Waals surface area contributed by atoms with Gasteiger partial charge in [-0.2, -0.15) is 35.9 Å². The minimum absolute atomic E-state index is 0.627. The molecule has 0 saturated carbocycles. The van der Waals surface area contributed by atoms with Crippen LogP contribution in [0.4, 0.5) is 0 Å². The molecule has 0 aliphatic rings. The summed E-state index contributed by atoms with van der Waals surface area (Å²) < 4.78 is 0. The molecule has 0 bridgehead atoms. The molecule has 1 aromatic carbocycles. The zero-order chi connectivity index (χ0) is 8.69. The van der Waals surface area contributed by atoms with Gasteiger partial charge in [0.2, 0.25) is 0 Å². The minimum atomic E-state index is 0.627. The van der Waals surface area contributed by atoms with Gasteiger partial charge in [0.1, 0.15) is 0 Å². The molecule has 0 radical (unpaired) electrons. The molecular formula is C9H11ClZn. The zero-order valence-corrected chi connectivity index (χ0v) is 10.7. The molecule has 0 N–H and O–H groups in total. The van der Waals surface area contributed by atoms with Crippen LogP contribution < -0.4 is 0 Å². The number of halogens is 1. The molecule has 0 saturated heterocycles. The van der Waals surface area contributed by atoms with E-state index in [1.807, 2.05) is 18.2 Å². The summed E-state index contributed by atoms with van der Waals surface area (Å²) in [4.78, 5) is 0. The van der Waals surface area contributed by atoms with Crippen LogP contribution in [0.3, 0.4) is 0 Å². The Morgan fingerprint density at radius 3 is 2.36 bits per heavy atom. The third-order valence-electron chi connectivity index (χ3n) is 1.40. The van der Waals surface area contributed by atoms with Crippen LogP contribution in [0.1, 0.15) is 25.3 Å². The monoisotopic (exact) mass is 218 g/mol. The van der Waals surface area contributed by atoms with Gasteiger partial charge in [0.25, 0.3) is 0 Å². The van der Waals surface area contributed by atoms with Gasteiger partial charge < -0.3 is 0 Å². The summed E-state index contributed by atoms with van der Waals surface area (Å²) in [5, 5.41) is 0. The first kappa shape index (κ1) is 11.1. The van der Waals surface area contributed by atoms with E-state index in [9.17, 15) is 0 Å². The Morgan fingerprint density at radius 2 is 2.09 bits per heavy atom. The van der Waals surface area contributed by atoms with E-state index in [-0.39, 0.29) is 0 Å². The van der Waals surface area contributed by atoms with Crippen molar-refractivity contribution in [3.8, 4) is 0 Å². The number of hydrogen-bond donors (Lipinski definition) is 0. The number of hydrogen-bond acceptors (Lipinski definition) is 0. The van der Waals surface area contributed by atoms with Crippen LogP contribution in [0.25, 0.3) is 0 Å². The summed E-state index contributed by atoms with van der Waals surface area (Å²) in [6.45, 7) is 4.37. The summed E-state index contributed by atoms with van der Waals surface area (Å²) in [5.41, 5.74) is 1.36. The van der Waals surface area contributed by atoms with Crippen LogP contribution in [0, 0.1) is 6.07 Å². The molecule has 0 aliphatic carbocycles. The van der Waals surface area contributed by atoms with Crippen LogP contribution in [0.15, 0.2) is 24.3 Å². The molecule has 56 valence electrons. The van der Waals surface area contributed by atoms with Crippen molar-refractivity contribution in [2.45, 2.75) is 19.8 Å². The Morgan fingerprint density at radius 1 is 1.45 bits per heavy atom. The third-order valence-corrected chi connectivity index (χ3v) is 1.40. The fourth-order valence-corrected chi connectivity index (χ4v) is 0.766. The van der Waals surface area contributed by atoms with Gasteiger partial charge in [-0.1, -0.05) is 19.8 Å². The first-order valence-electron chi connectivity index (χ1n) is 3.53. The summed E-state index contributed by atoms with van der Waals surface area (Å²) >= 11 is 0.847. The molecule has 11 heavy (non-hydrogen) atoms.